The molecule has 5 rings (SSSR count). The van der Waals surface area contributed by atoms with Crippen molar-refractivity contribution < 1.29 is 9.90 Å². The molecule has 0 bridgehead atoms. The van der Waals surface area contributed by atoms with Gasteiger partial charge in [0.15, 0.2) is 0 Å². The maximum absolute atomic E-state index is 12.6. The zero-order chi connectivity index (χ0) is 21.4. The van der Waals surface area contributed by atoms with Crippen LogP contribution in [0.1, 0.15) is 11.1 Å². The third-order valence-corrected chi connectivity index (χ3v) is 5.71. The Hall–Kier alpha value is -3.87. The van der Waals surface area contributed by atoms with Crippen LogP contribution < -0.4 is 10.2 Å². The van der Waals surface area contributed by atoms with Crippen LogP contribution in [-0.4, -0.2) is 38.5 Å². The van der Waals surface area contributed by atoms with Crippen LogP contribution in [0.15, 0.2) is 67.0 Å². The quantitative estimate of drug-likeness (QED) is 0.525. The van der Waals surface area contributed by atoms with E-state index in [1.807, 2.05) is 47.7 Å². The fourth-order valence-electron chi connectivity index (χ4n) is 3.86. The Bertz CT molecular complexity index is 1230. The third-order valence-electron chi connectivity index (χ3n) is 5.71. The van der Waals surface area contributed by atoms with Gasteiger partial charge in [0.25, 0.3) is 0 Å². The van der Waals surface area contributed by atoms with Gasteiger partial charge in [-0.05, 0) is 54.4 Å². The largest absolute Gasteiger partial charge is 0.508 e. The lowest BCUT2D eigenvalue weighted by Gasteiger charge is -2.39. The summed E-state index contributed by atoms with van der Waals surface area (Å²) >= 11 is 0. The average molecular weight is 413 g/mol. The van der Waals surface area contributed by atoms with E-state index in [1.54, 1.807) is 18.5 Å². The van der Waals surface area contributed by atoms with E-state index in [9.17, 15) is 9.90 Å². The number of rotatable bonds is 5. The highest BCUT2D eigenvalue weighted by atomic mass is 16.3. The maximum atomic E-state index is 12.6. The number of nitrogens with one attached hydrogen (secondary N) is 1. The zero-order valence-electron chi connectivity index (χ0n) is 17.2. The number of hydrogen-bond donors (Lipinski definition) is 2. The predicted octanol–water partition coefficient (Wildman–Crippen LogP) is 3.16. The Balaban J connectivity index is 1.30. The van der Waals surface area contributed by atoms with Crippen LogP contribution in [0.25, 0.3) is 16.9 Å². The summed E-state index contributed by atoms with van der Waals surface area (Å²) in [6.45, 7) is 3.81. The second-order valence-corrected chi connectivity index (χ2v) is 7.94. The number of fused-ring (bicyclic) bond motifs is 1. The summed E-state index contributed by atoms with van der Waals surface area (Å²) in [5.74, 6) is 0.987. The molecule has 3 heterocycles. The van der Waals surface area contributed by atoms with Crippen molar-refractivity contribution in [3.05, 3.63) is 78.1 Å². The van der Waals surface area contributed by atoms with Crippen molar-refractivity contribution in [1.29, 1.82) is 0 Å². The molecule has 0 radical (unpaired) electrons. The minimum absolute atomic E-state index is 0.0633. The average Bonchev–Trinajstić information content (AvgIpc) is 3.18. The molecule has 2 aromatic heterocycles. The monoisotopic (exact) mass is 413 g/mol. The maximum Gasteiger partial charge on any atom is 0.226 e. The van der Waals surface area contributed by atoms with Crippen molar-refractivity contribution in [2.45, 2.75) is 13.5 Å². The van der Waals surface area contributed by atoms with E-state index in [0.717, 1.165) is 28.4 Å². The molecule has 0 spiro atoms. The minimum atomic E-state index is -0.0665. The Morgan fingerprint density at radius 1 is 1.03 bits per heavy atom. The number of benzene rings is 2. The van der Waals surface area contributed by atoms with Crippen molar-refractivity contribution in [3.8, 4) is 17.0 Å². The number of carbonyl (C=O) groups is 1. The molecule has 2 N–H and O–H groups in total. The van der Waals surface area contributed by atoms with Gasteiger partial charge in [-0.25, -0.2) is 9.97 Å². The second-order valence-electron chi connectivity index (χ2n) is 7.94. The third kappa shape index (κ3) is 3.70. The predicted molar refractivity (Wildman–Crippen MR) is 119 cm³/mol. The van der Waals surface area contributed by atoms with Gasteiger partial charge in [-0.1, -0.05) is 29.8 Å². The molecule has 0 aliphatic carbocycles. The minimum Gasteiger partial charge on any atom is -0.508 e. The summed E-state index contributed by atoms with van der Waals surface area (Å²) in [5.41, 5.74) is 5.00. The molecule has 4 aromatic rings. The normalized spacial score (nSPS) is 13.9. The van der Waals surface area contributed by atoms with E-state index in [1.165, 1.54) is 5.56 Å². The van der Waals surface area contributed by atoms with Crippen molar-refractivity contribution in [1.82, 2.24) is 19.7 Å². The number of anilines is 1. The second kappa shape index (κ2) is 7.75. The highest BCUT2D eigenvalue weighted by molar-refractivity contribution is 5.82. The van der Waals surface area contributed by atoms with Gasteiger partial charge in [0.1, 0.15) is 17.7 Å². The van der Waals surface area contributed by atoms with Gasteiger partial charge < -0.3 is 15.3 Å². The molecule has 2 aromatic carbocycles. The Kier molecular flexibility index (Phi) is 4.78. The highest BCUT2D eigenvalue weighted by Gasteiger charge is 2.34. The molecular weight excluding hydrogens is 390 g/mol. The number of nitrogens with zero attached hydrogens (tertiary/aromatic N) is 4. The van der Waals surface area contributed by atoms with E-state index in [2.05, 4.69) is 32.3 Å². The topological polar surface area (TPSA) is 82.8 Å². The van der Waals surface area contributed by atoms with Crippen LogP contribution in [0.2, 0.25) is 0 Å². The molecular formula is C24H23N5O2. The molecule has 1 saturated heterocycles. The first-order valence-electron chi connectivity index (χ1n) is 10.3. The Labute approximate surface area is 180 Å². The van der Waals surface area contributed by atoms with Gasteiger partial charge in [-0.15, -0.1) is 0 Å². The van der Waals surface area contributed by atoms with Crippen molar-refractivity contribution in [3.63, 3.8) is 0 Å². The van der Waals surface area contributed by atoms with Gasteiger partial charge in [-0.3, -0.25) is 9.20 Å². The molecule has 31 heavy (non-hydrogen) atoms. The van der Waals surface area contributed by atoms with Gasteiger partial charge in [-0.2, -0.15) is 0 Å². The van der Waals surface area contributed by atoms with E-state index in [-0.39, 0.29) is 17.6 Å². The Morgan fingerprint density at radius 3 is 2.52 bits per heavy atom. The van der Waals surface area contributed by atoms with Gasteiger partial charge in [0.2, 0.25) is 11.9 Å². The van der Waals surface area contributed by atoms with Crippen molar-refractivity contribution in [2.24, 2.45) is 5.92 Å². The van der Waals surface area contributed by atoms with E-state index < -0.39 is 0 Å². The SMILES string of the molecule is Cc1ccc(CNC(=O)C2CN(c3ncnc4ccc(-c5ccc(O)cc5)n34)C2)cc1. The van der Waals surface area contributed by atoms with Gasteiger partial charge in [0.05, 0.1) is 11.6 Å². The molecule has 1 aliphatic rings. The number of aromatic nitrogens is 3. The molecule has 7 heteroatoms. The number of phenolic OH excluding ortho intramolecular Hbond substituents is 1. The molecule has 7 nitrogen and oxygen atoms in total. The van der Waals surface area contributed by atoms with Crippen molar-refractivity contribution in [2.75, 3.05) is 18.0 Å². The van der Waals surface area contributed by atoms with Gasteiger partial charge >= 0.3 is 0 Å². The lowest BCUT2D eigenvalue weighted by atomic mass is 9.99. The van der Waals surface area contributed by atoms with E-state index in [0.29, 0.717) is 19.6 Å². The van der Waals surface area contributed by atoms with E-state index in [4.69, 9.17) is 0 Å². The van der Waals surface area contributed by atoms with Crippen LogP contribution >= 0.6 is 0 Å². The van der Waals surface area contributed by atoms with Crippen LogP contribution in [-0.2, 0) is 11.3 Å². The summed E-state index contributed by atoms with van der Waals surface area (Å²) in [6.07, 6.45) is 1.55. The first-order valence-corrected chi connectivity index (χ1v) is 10.3. The summed E-state index contributed by atoms with van der Waals surface area (Å²) < 4.78 is 1.99. The summed E-state index contributed by atoms with van der Waals surface area (Å²) in [5, 5.41) is 12.6. The lowest BCUT2D eigenvalue weighted by molar-refractivity contribution is -0.125. The van der Waals surface area contributed by atoms with Crippen LogP contribution in [0.3, 0.4) is 0 Å². The first kappa shape index (κ1) is 19.1. The number of hydrogen-bond acceptors (Lipinski definition) is 5. The number of carbonyl (C=O) groups excluding carboxylic acids is 1. The lowest BCUT2D eigenvalue weighted by Crippen LogP contribution is -2.54. The molecule has 1 amide bonds. The van der Waals surface area contributed by atoms with Crippen molar-refractivity contribution >= 4 is 17.5 Å². The first-order chi connectivity index (χ1) is 15.1. The molecule has 0 atom stereocenters. The van der Waals surface area contributed by atoms with Crippen LogP contribution in [0.4, 0.5) is 5.95 Å². The molecule has 156 valence electrons. The van der Waals surface area contributed by atoms with Crippen LogP contribution in [0, 0.1) is 12.8 Å². The number of phenols is 1. The van der Waals surface area contributed by atoms with E-state index >= 15 is 0 Å². The van der Waals surface area contributed by atoms with Gasteiger partial charge in [0, 0.05) is 19.6 Å². The summed E-state index contributed by atoms with van der Waals surface area (Å²) in [4.78, 5) is 23.5. The standard InChI is InChI=1S/C24H23N5O2/c1-16-2-4-17(5-3-16)12-25-23(31)19-13-28(14-19)24-27-15-26-22-11-10-21(29(22)24)18-6-8-20(30)9-7-18/h2-11,15,19,30H,12-14H2,1H3,(H,25,31). The molecule has 0 saturated carbocycles. The highest BCUT2D eigenvalue weighted by Crippen LogP contribution is 2.30. The Morgan fingerprint density at radius 2 is 1.77 bits per heavy atom. The van der Waals surface area contributed by atoms with Crippen LogP contribution in [0.5, 0.6) is 5.75 Å². The molecule has 1 fully saturated rings. The summed E-state index contributed by atoms with van der Waals surface area (Å²) in [6, 6.07) is 19.2. The number of aryl methyl sites for hydroxylation is 1. The fourth-order valence-corrected chi connectivity index (χ4v) is 3.86. The molecule has 0 unspecified atom stereocenters. The number of aromatic hydroxyl groups is 1. The number of amides is 1. The molecule has 1 aliphatic heterocycles. The zero-order valence-corrected chi connectivity index (χ0v) is 17.2. The smallest absolute Gasteiger partial charge is 0.226 e. The summed E-state index contributed by atoms with van der Waals surface area (Å²) in [7, 11) is 0. The fraction of sp³-hybridized carbons (Fsp3) is 0.208.